The molecule has 0 saturated carbocycles. The standard InChI is InChI=1S/C22H26N2O5S/c1-28-19-10-6-17(7-11-19)8-13-22(25)23-18-9-12-20(29-2)21(16-18)30(26,27)24-14-4-3-5-15-24/h6-13,16H,3-5,14-15H2,1-2H3,(H,23,25)/b13-8+. The van der Waals surface area contributed by atoms with E-state index in [1.807, 2.05) is 12.1 Å². The zero-order valence-corrected chi connectivity index (χ0v) is 17.9. The predicted molar refractivity (Wildman–Crippen MR) is 116 cm³/mol. The second-order valence-corrected chi connectivity index (χ2v) is 8.83. The topological polar surface area (TPSA) is 84.9 Å². The number of rotatable bonds is 7. The minimum Gasteiger partial charge on any atom is -0.497 e. The molecular weight excluding hydrogens is 404 g/mol. The lowest BCUT2D eigenvalue weighted by atomic mass is 10.2. The molecule has 0 spiro atoms. The van der Waals surface area contributed by atoms with Crippen molar-refractivity contribution in [1.82, 2.24) is 4.31 Å². The van der Waals surface area contributed by atoms with Gasteiger partial charge in [-0.1, -0.05) is 18.6 Å². The fraction of sp³-hybridized carbons (Fsp3) is 0.318. The summed E-state index contributed by atoms with van der Waals surface area (Å²) >= 11 is 0. The van der Waals surface area contributed by atoms with Crippen LogP contribution < -0.4 is 14.8 Å². The number of amides is 1. The minimum atomic E-state index is -3.70. The summed E-state index contributed by atoms with van der Waals surface area (Å²) in [7, 11) is -0.677. The highest BCUT2D eigenvalue weighted by Crippen LogP contribution is 2.31. The number of carbonyl (C=O) groups is 1. The monoisotopic (exact) mass is 430 g/mol. The zero-order chi connectivity index (χ0) is 21.6. The van der Waals surface area contributed by atoms with E-state index in [-0.39, 0.29) is 16.6 Å². The highest BCUT2D eigenvalue weighted by Gasteiger charge is 2.29. The summed E-state index contributed by atoms with van der Waals surface area (Å²) < 4.78 is 38.0. The van der Waals surface area contributed by atoms with Gasteiger partial charge in [0.25, 0.3) is 0 Å². The number of piperidine rings is 1. The van der Waals surface area contributed by atoms with Gasteiger partial charge in [-0.15, -0.1) is 0 Å². The summed E-state index contributed by atoms with van der Waals surface area (Å²) in [4.78, 5) is 12.4. The Balaban J connectivity index is 1.76. The van der Waals surface area contributed by atoms with Gasteiger partial charge in [0.05, 0.1) is 14.2 Å². The Morgan fingerprint density at radius 3 is 2.33 bits per heavy atom. The molecule has 3 rings (SSSR count). The Morgan fingerprint density at radius 2 is 1.70 bits per heavy atom. The van der Waals surface area contributed by atoms with Crippen molar-refractivity contribution in [2.45, 2.75) is 24.2 Å². The molecule has 1 amide bonds. The molecule has 2 aromatic rings. The number of hydrogen-bond acceptors (Lipinski definition) is 5. The van der Waals surface area contributed by atoms with Crippen molar-refractivity contribution in [1.29, 1.82) is 0 Å². The molecule has 1 aliphatic heterocycles. The maximum Gasteiger partial charge on any atom is 0.248 e. The summed E-state index contributed by atoms with van der Waals surface area (Å²) in [5.41, 5.74) is 1.23. The lowest BCUT2D eigenvalue weighted by Crippen LogP contribution is -2.35. The van der Waals surface area contributed by atoms with Crippen LogP contribution in [0.2, 0.25) is 0 Å². The van der Waals surface area contributed by atoms with Crippen molar-refractivity contribution in [3.05, 3.63) is 54.1 Å². The van der Waals surface area contributed by atoms with Crippen LogP contribution in [-0.4, -0.2) is 45.9 Å². The van der Waals surface area contributed by atoms with E-state index in [4.69, 9.17) is 9.47 Å². The van der Waals surface area contributed by atoms with Crippen LogP contribution in [0.15, 0.2) is 53.4 Å². The van der Waals surface area contributed by atoms with E-state index >= 15 is 0 Å². The average molecular weight is 431 g/mol. The first-order valence-corrected chi connectivity index (χ1v) is 11.2. The van der Waals surface area contributed by atoms with Crippen LogP contribution in [0.25, 0.3) is 6.08 Å². The van der Waals surface area contributed by atoms with Gasteiger partial charge in [0.1, 0.15) is 16.4 Å². The summed E-state index contributed by atoms with van der Waals surface area (Å²) in [6.45, 7) is 0.985. The predicted octanol–water partition coefficient (Wildman–Crippen LogP) is 3.53. The number of carbonyl (C=O) groups excluding carboxylic acids is 1. The molecule has 0 aliphatic carbocycles. The molecule has 0 aromatic heterocycles. The van der Waals surface area contributed by atoms with Crippen LogP contribution in [0.1, 0.15) is 24.8 Å². The van der Waals surface area contributed by atoms with Gasteiger partial charge in [0.15, 0.2) is 0 Å². The van der Waals surface area contributed by atoms with Crippen LogP contribution in [0.3, 0.4) is 0 Å². The third-order valence-corrected chi connectivity index (χ3v) is 6.83. The molecule has 1 fully saturated rings. The second kappa shape index (κ2) is 9.77. The Kier molecular flexibility index (Phi) is 7.12. The Morgan fingerprint density at radius 1 is 1.00 bits per heavy atom. The lowest BCUT2D eigenvalue weighted by molar-refractivity contribution is -0.111. The molecule has 1 aliphatic rings. The zero-order valence-electron chi connectivity index (χ0n) is 17.1. The van der Waals surface area contributed by atoms with Gasteiger partial charge in [-0.3, -0.25) is 4.79 Å². The molecule has 8 heteroatoms. The molecule has 0 bridgehead atoms. The van der Waals surface area contributed by atoms with Gasteiger partial charge in [-0.25, -0.2) is 8.42 Å². The fourth-order valence-electron chi connectivity index (χ4n) is 3.27. The van der Waals surface area contributed by atoms with Crippen molar-refractivity contribution in [2.24, 2.45) is 0 Å². The largest absolute Gasteiger partial charge is 0.497 e. The van der Waals surface area contributed by atoms with E-state index in [2.05, 4.69) is 5.32 Å². The van der Waals surface area contributed by atoms with Crippen LogP contribution in [0, 0.1) is 0 Å². The van der Waals surface area contributed by atoms with Gasteiger partial charge in [0.2, 0.25) is 15.9 Å². The van der Waals surface area contributed by atoms with Gasteiger partial charge in [0, 0.05) is 24.9 Å². The van der Waals surface area contributed by atoms with E-state index in [9.17, 15) is 13.2 Å². The number of nitrogens with one attached hydrogen (secondary N) is 1. The Labute approximate surface area is 177 Å². The van der Waals surface area contributed by atoms with Crippen LogP contribution in [0.4, 0.5) is 5.69 Å². The highest BCUT2D eigenvalue weighted by molar-refractivity contribution is 7.89. The molecular formula is C22H26N2O5S. The van der Waals surface area contributed by atoms with E-state index in [0.717, 1.165) is 30.6 Å². The molecule has 0 atom stereocenters. The number of methoxy groups -OCH3 is 2. The van der Waals surface area contributed by atoms with Crippen LogP contribution in [0.5, 0.6) is 11.5 Å². The molecule has 1 N–H and O–H groups in total. The van der Waals surface area contributed by atoms with Gasteiger partial charge < -0.3 is 14.8 Å². The first kappa shape index (κ1) is 21.9. The van der Waals surface area contributed by atoms with Crippen LogP contribution >= 0.6 is 0 Å². The third-order valence-electron chi connectivity index (χ3n) is 4.91. The Bertz CT molecular complexity index is 1010. The molecule has 30 heavy (non-hydrogen) atoms. The van der Waals surface area contributed by atoms with Crippen molar-refractivity contribution in [3.8, 4) is 11.5 Å². The molecule has 0 radical (unpaired) electrons. The molecule has 1 heterocycles. The quantitative estimate of drug-likeness (QED) is 0.680. The summed E-state index contributed by atoms with van der Waals surface area (Å²) in [5.74, 6) is 0.627. The van der Waals surface area contributed by atoms with E-state index in [1.165, 1.54) is 23.6 Å². The molecule has 0 unspecified atom stereocenters. The maximum absolute atomic E-state index is 13.1. The molecule has 7 nitrogen and oxygen atoms in total. The van der Waals surface area contributed by atoms with Crippen molar-refractivity contribution in [2.75, 3.05) is 32.6 Å². The van der Waals surface area contributed by atoms with Crippen molar-refractivity contribution in [3.63, 3.8) is 0 Å². The number of benzene rings is 2. The highest BCUT2D eigenvalue weighted by atomic mass is 32.2. The molecule has 160 valence electrons. The molecule has 1 saturated heterocycles. The maximum atomic E-state index is 13.1. The fourth-order valence-corrected chi connectivity index (χ4v) is 4.97. The second-order valence-electron chi connectivity index (χ2n) is 6.93. The van der Waals surface area contributed by atoms with E-state index < -0.39 is 10.0 Å². The molecule has 2 aromatic carbocycles. The van der Waals surface area contributed by atoms with E-state index in [0.29, 0.717) is 18.8 Å². The minimum absolute atomic E-state index is 0.0591. The van der Waals surface area contributed by atoms with Gasteiger partial charge >= 0.3 is 0 Å². The normalized spacial score (nSPS) is 15.1. The first-order valence-electron chi connectivity index (χ1n) is 9.75. The van der Waals surface area contributed by atoms with E-state index in [1.54, 1.807) is 37.5 Å². The number of hydrogen-bond donors (Lipinski definition) is 1. The third kappa shape index (κ3) is 5.20. The first-order chi connectivity index (χ1) is 14.4. The van der Waals surface area contributed by atoms with Crippen molar-refractivity contribution < 1.29 is 22.7 Å². The number of sulfonamides is 1. The van der Waals surface area contributed by atoms with Gasteiger partial charge in [-0.2, -0.15) is 4.31 Å². The van der Waals surface area contributed by atoms with Gasteiger partial charge in [-0.05, 0) is 54.8 Å². The number of ether oxygens (including phenoxy) is 2. The average Bonchev–Trinajstić information content (AvgIpc) is 2.78. The lowest BCUT2D eigenvalue weighted by Gasteiger charge is -2.26. The van der Waals surface area contributed by atoms with Crippen molar-refractivity contribution >= 4 is 27.7 Å². The Hall–Kier alpha value is -2.84. The SMILES string of the molecule is COc1ccc(/C=C/C(=O)Nc2ccc(OC)c(S(=O)(=O)N3CCCCC3)c2)cc1. The summed E-state index contributed by atoms with van der Waals surface area (Å²) in [5, 5.41) is 2.71. The summed E-state index contributed by atoms with van der Waals surface area (Å²) in [6, 6.07) is 11.9. The smallest absolute Gasteiger partial charge is 0.248 e. The summed E-state index contributed by atoms with van der Waals surface area (Å²) in [6.07, 6.45) is 5.77. The number of nitrogens with zero attached hydrogens (tertiary/aromatic N) is 1. The van der Waals surface area contributed by atoms with Crippen LogP contribution in [-0.2, 0) is 14.8 Å². The number of anilines is 1.